The van der Waals surface area contributed by atoms with Gasteiger partial charge in [0.05, 0.1) is 6.61 Å². The van der Waals surface area contributed by atoms with Crippen molar-refractivity contribution in [1.29, 1.82) is 0 Å². The van der Waals surface area contributed by atoms with Crippen molar-refractivity contribution >= 4 is 23.4 Å². The first-order valence-electron chi connectivity index (χ1n) is 6.23. The van der Waals surface area contributed by atoms with E-state index in [1.54, 1.807) is 6.07 Å². The van der Waals surface area contributed by atoms with E-state index in [4.69, 9.17) is 4.74 Å². The maximum atomic E-state index is 12.0. The fraction of sp³-hybridized carbons (Fsp3) is 0.538. The van der Waals surface area contributed by atoms with Gasteiger partial charge in [-0.3, -0.25) is 4.90 Å². The molecule has 1 aliphatic rings. The first kappa shape index (κ1) is 13.9. The molecule has 19 heavy (non-hydrogen) atoms. The fourth-order valence-electron chi connectivity index (χ4n) is 2.10. The largest absolute Gasteiger partial charge is 0.479 e. The number of fused-ring (bicyclic) bond motifs is 1. The van der Waals surface area contributed by atoms with Crippen LogP contribution in [0.2, 0.25) is 0 Å². The van der Waals surface area contributed by atoms with Gasteiger partial charge in [-0.1, -0.05) is 13.8 Å². The molecule has 6 heteroatoms. The van der Waals surface area contributed by atoms with E-state index in [1.165, 1.54) is 16.2 Å². The van der Waals surface area contributed by atoms with Gasteiger partial charge in [0.2, 0.25) is 0 Å². The number of amides is 1. The van der Waals surface area contributed by atoms with E-state index in [9.17, 15) is 14.7 Å². The van der Waals surface area contributed by atoms with Crippen molar-refractivity contribution < 1.29 is 19.4 Å². The Kier molecular flexibility index (Phi) is 4.09. The summed E-state index contributed by atoms with van der Waals surface area (Å²) in [5.41, 5.74) is 0.713. The summed E-state index contributed by atoms with van der Waals surface area (Å²) >= 11 is 1.54. The molecule has 5 nitrogen and oxygen atoms in total. The van der Waals surface area contributed by atoms with Crippen LogP contribution in [-0.4, -0.2) is 35.2 Å². The number of carboxylic acids is 1. The Balaban J connectivity index is 2.17. The highest BCUT2D eigenvalue weighted by Crippen LogP contribution is 2.33. The molecule has 1 aromatic heterocycles. The normalized spacial score (nSPS) is 18.3. The molecule has 1 unspecified atom stereocenters. The van der Waals surface area contributed by atoms with E-state index < -0.39 is 18.1 Å². The molecule has 1 N–H and O–H groups in total. The SMILES string of the molecule is CC(C)COC(=O)N1CCc2sccc2C1C(=O)O. The third-order valence-corrected chi connectivity index (χ3v) is 3.97. The van der Waals surface area contributed by atoms with Crippen LogP contribution in [0.4, 0.5) is 4.79 Å². The van der Waals surface area contributed by atoms with E-state index in [1.807, 2.05) is 19.2 Å². The second-order valence-corrected chi connectivity index (χ2v) is 5.95. The summed E-state index contributed by atoms with van der Waals surface area (Å²) in [6.07, 6.45) is 0.144. The molecule has 0 fully saturated rings. The van der Waals surface area contributed by atoms with Crippen LogP contribution in [0.15, 0.2) is 11.4 Å². The van der Waals surface area contributed by atoms with Crippen molar-refractivity contribution in [2.75, 3.05) is 13.2 Å². The molecule has 0 bridgehead atoms. The van der Waals surface area contributed by atoms with Crippen LogP contribution in [0.1, 0.15) is 30.3 Å². The Morgan fingerprint density at radius 1 is 1.58 bits per heavy atom. The van der Waals surface area contributed by atoms with Crippen molar-refractivity contribution in [3.05, 3.63) is 21.9 Å². The van der Waals surface area contributed by atoms with Crippen LogP contribution in [0.25, 0.3) is 0 Å². The average Bonchev–Trinajstić information content (AvgIpc) is 2.82. The number of carboxylic acid groups (broad SMARTS) is 1. The first-order chi connectivity index (χ1) is 9.00. The van der Waals surface area contributed by atoms with Crippen LogP contribution in [-0.2, 0) is 16.0 Å². The van der Waals surface area contributed by atoms with Gasteiger partial charge in [0.1, 0.15) is 0 Å². The molecule has 0 aromatic carbocycles. The Bertz CT molecular complexity index is 483. The third kappa shape index (κ3) is 2.89. The Labute approximate surface area is 115 Å². The molecule has 1 aliphatic heterocycles. The van der Waals surface area contributed by atoms with Crippen LogP contribution in [0.3, 0.4) is 0 Å². The van der Waals surface area contributed by atoms with Gasteiger partial charge in [-0.15, -0.1) is 11.3 Å². The number of rotatable bonds is 3. The van der Waals surface area contributed by atoms with Gasteiger partial charge < -0.3 is 9.84 Å². The Morgan fingerprint density at radius 2 is 2.32 bits per heavy atom. The molecule has 1 aromatic rings. The van der Waals surface area contributed by atoms with Crippen LogP contribution in [0, 0.1) is 5.92 Å². The van der Waals surface area contributed by atoms with Crippen LogP contribution < -0.4 is 0 Å². The lowest BCUT2D eigenvalue weighted by molar-refractivity contribution is -0.143. The molecular weight excluding hydrogens is 266 g/mol. The highest BCUT2D eigenvalue weighted by Gasteiger charge is 2.37. The quantitative estimate of drug-likeness (QED) is 0.925. The number of hydrogen-bond donors (Lipinski definition) is 1. The maximum absolute atomic E-state index is 12.0. The number of carbonyl (C=O) groups is 2. The first-order valence-corrected chi connectivity index (χ1v) is 7.11. The van der Waals surface area contributed by atoms with Crippen molar-refractivity contribution in [1.82, 2.24) is 4.90 Å². The van der Waals surface area contributed by atoms with Crippen LogP contribution in [0.5, 0.6) is 0 Å². The number of aliphatic carboxylic acids is 1. The van der Waals surface area contributed by atoms with Crippen molar-refractivity contribution in [2.45, 2.75) is 26.3 Å². The van der Waals surface area contributed by atoms with E-state index >= 15 is 0 Å². The second-order valence-electron chi connectivity index (χ2n) is 4.95. The third-order valence-electron chi connectivity index (χ3n) is 2.97. The molecule has 2 rings (SSSR count). The molecule has 0 spiro atoms. The number of carbonyl (C=O) groups excluding carboxylic acids is 1. The highest BCUT2D eigenvalue weighted by atomic mass is 32.1. The smallest absolute Gasteiger partial charge is 0.410 e. The summed E-state index contributed by atoms with van der Waals surface area (Å²) in [5, 5.41) is 11.2. The number of hydrogen-bond acceptors (Lipinski definition) is 4. The van der Waals surface area contributed by atoms with Gasteiger partial charge in [0.15, 0.2) is 6.04 Å². The molecule has 0 radical (unpaired) electrons. The van der Waals surface area contributed by atoms with Crippen molar-refractivity contribution in [2.24, 2.45) is 5.92 Å². The van der Waals surface area contributed by atoms with E-state index in [0.29, 0.717) is 25.1 Å². The van der Waals surface area contributed by atoms with Crippen LogP contribution >= 0.6 is 11.3 Å². The molecule has 0 saturated carbocycles. The fourth-order valence-corrected chi connectivity index (χ4v) is 3.00. The topological polar surface area (TPSA) is 66.8 Å². The standard InChI is InChI=1S/C13H17NO4S/c1-8(2)7-18-13(17)14-5-3-10-9(4-6-19-10)11(14)12(15)16/h4,6,8,11H,3,5,7H2,1-2H3,(H,15,16). The Hall–Kier alpha value is -1.56. The van der Waals surface area contributed by atoms with E-state index in [0.717, 1.165) is 4.88 Å². The zero-order valence-electron chi connectivity index (χ0n) is 11.0. The van der Waals surface area contributed by atoms with Gasteiger partial charge in [0.25, 0.3) is 0 Å². The zero-order chi connectivity index (χ0) is 14.0. The zero-order valence-corrected chi connectivity index (χ0v) is 11.8. The summed E-state index contributed by atoms with van der Waals surface area (Å²) in [7, 11) is 0. The minimum atomic E-state index is -1.01. The van der Waals surface area contributed by atoms with Gasteiger partial charge in [-0.05, 0) is 29.3 Å². The van der Waals surface area contributed by atoms with Crippen molar-refractivity contribution in [3.8, 4) is 0 Å². The number of thiophene rings is 1. The van der Waals surface area contributed by atoms with Gasteiger partial charge in [0, 0.05) is 11.4 Å². The highest BCUT2D eigenvalue weighted by molar-refractivity contribution is 7.10. The minimum absolute atomic E-state index is 0.230. The lowest BCUT2D eigenvalue weighted by atomic mass is 10.0. The summed E-state index contributed by atoms with van der Waals surface area (Å²) in [6.45, 7) is 4.57. The van der Waals surface area contributed by atoms with Gasteiger partial charge >= 0.3 is 12.1 Å². The van der Waals surface area contributed by atoms with E-state index in [2.05, 4.69) is 0 Å². The molecule has 2 heterocycles. The van der Waals surface area contributed by atoms with Gasteiger partial charge in [-0.2, -0.15) is 0 Å². The summed E-state index contributed by atoms with van der Waals surface area (Å²) in [5.74, 6) is -0.783. The van der Waals surface area contributed by atoms with Crippen molar-refractivity contribution in [3.63, 3.8) is 0 Å². The summed E-state index contributed by atoms with van der Waals surface area (Å²) < 4.78 is 5.14. The minimum Gasteiger partial charge on any atom is -0.479 e. The summed E-state index contributed by atoms with van der Waals surface area (Å²) in [4.78, 5) is 25.8. The lowest BCUT2D eigenvalue weighted by Crippen LogP contribution is -2.43. The number of nitrogens with zero attached hydrogens (tertiary/aromatic N) is 1. The molecule has 104 valence electrons. The molecule has 0 saturated heterocycles. The number of ether oxygens (including phenoxy) is 1. The van der Waals surface area contributed by atoms with E-state index in [-0.39, 0.29) is 5.92 Å². The average molecular weight is 283 g/mol. The summed E-state index contributed by atoms with van der Waals surface area (Å²) in [6, 6.07) is 0.857. The second kappa shape index (κ2) is 5.61. The molecule has 1 atom stereocenters. The predicted octanol–water partition coefficient (Wildman–Crippen LogP) is 2.52. The molecular formula is C13H17NO4S. The Morgan fingerprint density at radius 3 is 2.95 bits per heavy atom. The lowest BCUT2D eigenvalue weighted by Gasteiger charge is -2.32. The predicted molar refractivity (Wildman–Crippen MR) is 71.3 cm³/mol. The molecule has 0 aliphatic carbocycles. The maximum Gasteiger partial charge on any atom is 0.410 e. The van der Waals surface area contributed by atoms with Gasteiger partial charge in [-0.25, -0.2) is 9.59 Å². The molecule has 1 amide bonds. The monoisotopic (exact) mass is 283 g/mol.